The Morgan fingerprint density at radius 3 is 2.95 bits per heavy atom. The van der Waals surface area contributed by atoms with Crippen LogP contribution in [0.25, 0.3) is 10.2 Å². The van der Waals surface area contributed by atoms with E-state index in [0.717, 1.165) is 17.9 Å². The summed E-state index contributed by atoms with van der Waals surface area (Å²) in [5, 5.41) is 1.61. The number of benzene rings is 1. The molecule has 3 heteroatoms. The fourth-order valence-corrected chi connectivity index (χ4v) is 4.82. The zero-order valence-corrected chi connectivity index (χ0v) is 13.6. The Bertz CT molecular complexity index is 532. The molecule has 3 atom stereocenters. The number of aromatic nitrogens is 1. The Morgan fingerprint density at radius 1 is 1.30 bits per heavy atom. The Balaban J connectivity index is 1.71. The number of rotatable bonds is 4. The molecule has 0 radical (unpaired) electrons. The molecule has 2 aromatic rings. The van der Waals surface area contributed by atoms with Gasteiger partial charge in [-0.15, -0.1) is 22.9 Å². The van der Waals surface area contributed by atoms with E-state index in [1.54, 1.807) is 0 Å². The van der Waals surface area contributed by atoms with Crippen LogP contribution in [0.4, 0.5) is 0 Å². The largest absolute Gasteiger partial charge is 0.241 e. The zero-order valence-electron chi connectivity index (χ0n) is 12.0. The summed E-state index contributed by atoms with van der Waals surface area (Å²) in [5.41, 5.74) is 1.14. The van der Waals surface area contributed by atoms with Crippen LogP contribution >= 0.6 is 22.9 Å². The van der Waals surface area contributed by atoms with Gasteiger partial charge in [-0.3, -0.25) is 0 Å². The topological polar surface area (TPSA) is 12.9 Å². The van der Waals surface area contributed by atoms with Crippen molar-refractivity contribution in [2.24, 2.45) is 11.8 Å². The Morgan fingerprint density at radius 2 is 2.15 bits per heavy atom. The fourth-order valence-electron chi connectivity index (χ4n) is 3.44. The van der Waals surface area contributed by atoms with Crippen LogP contribution in [0, 0.1) is 11.8 Å². The number of alkyl halides is 1. The monoisotopic (exact) mass is 307 g/mol. The summed E-state index contributed by atoms with van der Waals surface area (Å²) in [4.78, 5) is 4.77. The maximum atomic E-state index is 6.57. The Labute approximate surface area is 130 Å². The van der Waals surface area contributed by atoms with Crippen LogP contribution in [0.2, 0.25) is 0 Å². The third-order valence-corrected chi connectivity index (χ3v) is 6.10. The number of hydrogen-bond acceptors (Lipinski definition) is 2. The molecular formula is C17H22ClNS. The lowest BCUT2D eigenvalue weighted by Crippen LogP contribution is -2.27. The van der Waals surface area contributed by atoms with E-state index in [1.165, 1.54) is 41.8 Å². The molecule has 0 saturated heterocycles. The molecule has 0 aliphatic heterocycles. The van der Waals surface area contributed by atoms with Crippen molar-refractivity contribution in [1.29, 1.82) is 0 Å². The summed E-state index contributed by atoms with van der Waals surface area (Å²) in [6.07, 6.45) is 7.51. The molecule has 1 nitrogen and oxygen atoms in total. The molecule has 1 aromatic heterocycles. The lowest BCUT2D eigenvalue weighted by molar-refractivity contribution is 0.257. The average Bonchev–Trinajstić information content (AvgIpc) is 2.85. The van der Waals surface area contributed by atoms with Crippen LogP contribution < -0.4 is 0 Å². The van der Waals surface area contributed by atoms with Gasteiger partial charge in [0, 0.05) is 11.8 Å². The van der Waals surface area contributed by atoms with Crippen LogP contribution in [0.3, 0.4) is 0 Å². The highest BCUT2D eigenvalue weighted by Crippen LogP contribution is 2.37. The minimum absolute atomic E-state index is 0.343. The Kier molecular flexibility index (Phi) is 4.62. The van der Waals surface area contributed by atoms with Gasteiger partial charge in [0.2, 0.25) is 0 Å². The first-order chi connectivity index (χ1) is 9.76. The van der Waals surface area contributed by atoms with Gasteiger partial charge in [-0.2, -0.15) is 0 Å². The van der Waals surface area contributed by atoms with Gasteiger partial charge in [0.1, 0.15) is 0 Å². The van der Waals surface area contributed by atoms with Gasteiger partial charge in [0.25, 0.3) is 0 Å². The second kappa shape index (κ2) is 6.44. The fraction of sp³-hybridized carbons (Fsp3) is 0.588. The van der Waals surface area contributed by atoms with Crippen molar-refractivity contribution in [2.75, 3.05) is 0 Å². The molecule has 1 aliphatic carbocycles. The average molecular weight is 308 g/mol. The van der Waals surface area contributed by atoms with Crippen molar-refractivity contribution in [2.45, 2.75) is 50.8 Å². The highest BCUT2D eigenvalue weighted by Gasteiger charge is 2.29. The van der Waals surface area contributed by atoms with Gasteiger partial charge in [0.05, 0.1) is 15.2 Å². The van der Waals surface area contributed by atoms with Gasteiger partial charge in [0.15, 0.2) is 0 Å². The first kappa shape index (κ1) is 14.3. The predicted molar refractivity (Wildman–Crippen MR) is 88.7 cm³/mol. The standard InChI is InChI=1S/C17H22ClNS/c1-2-5-12-8-9-14(18)13(10-12)11-17-19-15-6-3-4-7-16(15)20-17/h3-4,6-7,12-14H,2,5,8-11H2,1H3. The lowest BCUT2D eigenvalue weighted by atomic mass is 9.78. The molecule has 0 N–H and O–H groups in total. The molecule has 108 valence electrons. The molecule has 0 bridgehead atoms. The summed E-state index contributed by atoms with van der Waals surface area (Å²) in [7, 11) is 0. The van der Waals surface area contributed by atoms with Crippen molar-refractivity contribution >= 4 is 33.2 Å². The first-order valence-corrected chi connectivity index (χ1v) is 9.00. The van der Waals surface area contributed by atoms with Gasteiger partial charge in [-0.1, -0.05) is 31.9 Å². The van der Waals surface area contributed by atoms with Gasteiger partial charge in [-0.05, 0) is 43.2 Å². The molecule has 1 fully saturated rings. The summed E-state index contributed by atoms with van der Waals surface area (Å²) in [5.74, 6) is 1.50. The molecular weight excluding hydrogens is 286 g/mol. The number of nitrogens with zero attached hydrogens (tertiary/aromatic N) is 1. The third kappa shape index (κ3) is 3.17. The summed E-state index contributed by atoms with van der Waals surface area (Å²) >= 11 is 8.41. The van der Waals surface area contributed by atoms with Crippen LogP contribution in [-0.2, 0) is 6.42 Å². The quantitative estimate of drug-likeness (QED) is 0.664. The van der Waals surface area contributed by atoms with E-state index in [4.69, 9.17) is 16.6 Å². The minimum Gasteiger partial charge on any atom is -0.241 e. The maximum Gasteiger partial charge on any atom is 0.0941 e. The molecule has 1 saturated carbocycles. The maximum absolute atomic E-state index is 6.57. The van der Waals surface area contributed by atoms with E-state index < -0.39 is 0 Å². The van der Waals surface area contributed by atoms with Gasteiger partial charge in [-0.25, -0.2) is 4.98 Å². The van der Waals surface area contributed by atoms with Gasteiger partial charge < -0.3 is 0 Å². The molecule has 3 rings (SSSR count). The van der Waals surface area contributed by atoms with E-state index in [9.17, 15) is 0 Å². The number of fused-ring (bicyclic) bond motifs is 1. The predicted octanol–water partition coefficient (Wildman–Crippen LogP) is 5.66. The second-order valence-electron chi connectivity index (χ2n) is 6.02. The van der Waals surface area contributed by atoms with Crippen molar-refractivity contribution in [3.63, 3.8) is 0 Å². The normalized spacial score (nSPS) is 27.0. The van der Waals surface area contributed by atoms with Crippen molar-refractivity contribution in [1.82, 2.24) is 4.98 Å². The van der Waals surface area contributed by atoms with Crippen LogP contribution in [0.5, 0.6) is 0 Å². The van der Waals surface area contributed by atoms with Crippen LogP contribution in [0.15, 0.2) is 24.3 Å². The zero-order chi connectivity index (χ0) is 13.9. The highest BCUT2D eigenvalue weighted by atomic mass is 35.5. The summed E-state index contributed by atoms with van der Waals surface area (Å²) in [6, 6.07) is 8.42. The molecule has 1 aliphatic rings. The number of hydrogen-bond donors (Lipinski definition) is 0. The summed E-state index contributed by atoms with van der Waals surface area (Å²) in [6.45, 7) is 2.29. The third-order valence-electron chi connectivity index (χ3n) is 4.47. The van der Waals surface area contributed by atoms with Crippen molar-refractivity contribution in [3.05, 3.63) is 29.3 Å². The molecule has 1 aromatic carbocycles. The summed E-state index contributed by atoms with van der Waals surface area (Å²) < 4.78 is 1.30. The molecule has 3 unspecified atom stereocenters. The van der Waals surface area contributed by atoms with E-state index in [2.05, 4.69) is 31.2 Å². The molecule has 20 heavy (non-hydrogen) atoms. The minimum atomic E-state index is 0.343. The van der Waals surface area contributed by atoms with E-state index in [1.807, 2.05) is 11.3 Å². The van der Waals surface area contributed by atoms with Crippen LogP contribution in [-0.4, -0.2) is 10.4 Å². The highest BCUT2D eigenvalue weighted by molar-refractivity contribution is 7.18. The van der Waals surface area contributed by atoms with Gasteiger partial charge >= 0.3 is 0 Å². The van der Waals surface area contributed by atoms with E-state index >= 15 is 0 Å². The second-order valence-corrected chi connectivity index (χ2v) is 7.70. The first-order valence-electron chi connectivity index (χ1n) is 7.74. The van der Waals surface area contributed by atoms with Crippen LogP contribution in [0.1, 0.15) is 44.0 Å². The molecule has 0 spiro atoms. The number of thiazole rings is 1. The smallest absolute Gasteiger partial charge is 0.0941 e. The van der Waals surface area contributed by atoms with Crippen molar-refractivity contribution in [3.8, 4) is 0 Å². The SMILES string of the molecule is CCCC1CCC(Cl)C(Cc2nc3ccccc3s2)C1. The molecule has 1 heterocycles. The lowest BCUT2D eigenvalue weighted by Gasteiger charge is -2.32. The number of halogens is 1. The number of para-hydroxylation sites is 1. The Hall–Kier alpha value is -0.600. The van der Waals surface area contributed by atoms with E-state index in [-0.39, 0.29) is 0 Å². The van der Waals surface area contributed by atoms with E-state index in [0.29, 0.717) is 11.3 Å². The molecule has 0 amide bonds. The van der Waals surface area contributed by atoms with Crippen molar-refractivity contribution < 1.29 is 0 Å².